The van der Waals surface area contributed by atoms with Crippen LogP contribution in [0.5, 0.6) is 5.75 Å². The van der Waals surface area contributed by atoms with Gasteiger partial charge in [0.1, 0.15) is 5.75 Å². The van der Waals surface area contributed by atoms with Gasteiger partial charge in [-0.25, -0.2) is 9.97 Å². The molecule has 0 saturated heterocycles. The topological polar surface area (TPSA) is 147 Å². The van der Waals surface area contributed by atoms with E-state index in [9.17, 15) is 19.2 Å². The van der Waals surface area contributed by atoms with Crippen molar-refractivity contribution < 1.29 is 23.9 Å². The minimum Gasteiger partial charge on any atom is -0.483 e. The van der Waals surface area contributed by atoms with Gasteiger partial charge >= 0.3 is 0 Å². The van der Waals surface area contributed by atoms with Gasteiger partial charge in [0.25, 0.3) is 5.91 Å². The van der Waals surface area contributed by atoms with E-state index in [2.05, 4.69) is 27.9 Å². The van der Waals surface area contributed by atoms with Crippen LogP contribution in [0, 0.1) is 16.2 Å². The van der Waals surface area contributed by atoms with Crippen molar-refractivity contribution in [3.05, 3.63) is 191 Å². The second-order valence-corrected chi connectivity index (χ2v) is 23.3. The van der Waals surface area contributed by atoms with Gasteiger partial charge < -0.3 is 20.0 Å². The summed E-state index contributed by atoms with van der Waals surface area (Å²) in [7, 11) is 0. The SMILES string of the molecule is CC(C)(C)C(=O)c1ccccc1-c1c2nc(c(-c3ccccc3C(=O)C(C)(C)C)c3ccc([nH]3)c(-c3ccccc3C(=O)C(C)(C)C)c3nc(c(-c4ccccc4NC(=O)COc4ccccc4CS)c4ccc1[nH]4)C=C3)C=C2. The van der Waals surface area contributed by atoms with Crippen LogP contribution in [0.25, 0.3) is 90.9 Å². The third kappa shape index (κ3) is 10.7. The first-order valence-electron chi connectivity index (χ1n) is 26.5. The summed E-state index contributed by atoms with van der Waals surface area (Å²) in [5, 5.41) is 3.14. The average Bonchev–Trinajstić information content (AvgIpc) is 4.50. The number of aromatic nitrogens is 4. The van der Waals surface area contributed by atoms with Crippen molar-refractivity contribution in [1.29, 1.82) is 0 Å². The Morgan fingerprint density at radius 3 is 1.15 bits per heavy atom. The molecule has 396 valence electrons. The number of carbonyl (C=O) groups excluding carboxylic acids is 4. The lowest BCUT2D eigenvalue weighted by atomic mass is 9.83. The molecule has 0 spiro atoms. The number of hydrogen-bond acceptors (Lipinski definition) is 8. The number of aromatic amines is 2. The summed E-state index contributed by atoms with van der Waals surface area (Å²) in [6.45, 7) is 17.0. The lowest BCUT2D eigenvalue weighted by molar-refractivity contribution is -0.118. The number of ether oxygens (including phenoxy) is 1. The van der Waals surface area contributed by atoms with E-state index in [1.54, 1.807) is 0 Å². The number of Topliss-reactive ketones (excluding diaryl/α,β-unsaturated/α-hetero) is 3. The Morgan fingerprint density at radius 2 is 0.772 bits per heavy atom. The minimum absolute atomic E-state index is 0.0333. The Morgan fingerprint density at radius 1 is 0.443 bits per heavy atom. The number of amides is 1. The van der Waals surface area contributed by atoms with Crippen molar-refractivity contribution in [2.24, 2.45) is 16.2 Å². The first-order chi connectivity index (χ1) is 37.7. The highest BCUT2D eigenvalue weighted by Gasteiger charge is 2.31. The molecule has 5 heterocycles. The van der Waals surface area contributed by atoms with Crippen molar-refractivity contribution >= 4 is 87.9 Å². The van der Waals surface area contributed by atoms with Crippen molar-refractivity contribution in [2.75, 3.05) is 11.9 Å². The molecule has 0 fully saturated rings. The third-order valence-corrected chi connectivity index (χ3v) is 14.4. The normalized spacial score (nSPS) is 12.4. The molecule has 3 aromatic heterocycles. The Hall–Kier alpha value is -8.67. The molecule has 5 aromatic carbocycles. The van der Waals surface area contributed by atoms with E-state index in [0.29, 0.717) is 123 Å². The number of thiol groups is 1. The molecule has 0 unspecified atom stereocenters. The highest BCUT2D eigenvalue weighted by atomic mass is 32.1. The molecule has 1 amide bonds. The Balaban J connectivity index is 1.34. The van der Waals surface area contributed by atoms with Crippen LogP contribution in [0.2, 0.25) is 0 Å². The van der Waals surface area contributed by atoms with Crippen molar-refractivity contribution in [2.45, 2.75) is 68.1 Å². The van der Waals surface area contributed by atoms with Gasteiger partial charge in [-0.05, 0) is 77.4 Å². The number of nitrogens with zero attached hydrogens (tertiary/aromatic N) is 2. The van der Waals surface area contributed by atoms with E-state index in [1.165, 1.54) is 0 Å². The molecular weight excluding hydrogens is 999 g/mol. The van der Waals surface area contributed by atoms with Crippen LogP contribution in [0.1, 0.15) is 122 Å². The number of rotatable bonds is 12. The summed E-state index contributed by atoms with van der Waals surface area (Å²) in [6.07, 6.45) is 7.83. The number of anilines is 1. The molecule has 2 aliphatic heterocycles. The van der Waals surface area contributed by atoms with Gasteiger partial charge in [-0.2, -0.15) is 12.6 Å². The van der Waals surface area contributed by atoms with E-state index < -0.39 is 16.2 Å². The van der Waals surface area contributed by atoms with Crippen LogP contribution in [0.15, 0.2) is 146 Å². The van der Waals surface area contributed by atoms with E-state index in [-0.39, 0.29) is 29.9 Å². The first kappa shape index (κ1) is 53.7. The van der Waals surface area contributed by atoms with E-state index in [4.69, 9.17) is 14.7 Å². The van der Waals surface area contributed by atoms with Crippen LogP contribution in [0.3, 0.4) is 0 Å². The summed E-state index contributed by atoms with van der Waals surface area (Å²) in [6, 6.07) is 45.9. The monoisotopic (exact) mass is 1060 g/mol. The maximum atomic E-state index is 14.5. The van der Waals surface area contributed by atoms with Crippen LogP contribution in [-0.4, -0.2) is 49.8 Å². The van der Waals surface area contributed by atoms with E-state index in [1.807, 2.05) is 232 Å². The average molecular weight is 1060 g/mol. The second kappa shape index (κ2) is 21.3. The van der Waals surface area contributed by atoms with Gasteiger partial charge in [-0.1, -0.05) is 172 Å². The zero-order valence-electron chi connectivity index (χ0n) is 46.0. The summed E-state index contributed by atoms with van der Waals surface area (Å²) in [5.74, 6) is 0.544. The lowest BCUT2D eigenvalue weighted by Crippen LogP contribution is -2.21. The Kier molecular flexibility index (Phi) is 14.5. The zero-order valence-corrected chi connectivity index (χ0v) is 46.9. The summed E-state index contributed by atoms with van der Waals surface area (Å²) >= 11 is 4.46. The van der Waals surface area contributed by atoms with Crippen LogP contribution >= 0.6 is 12.6 Å². The standard InChI is InChI=1S/C68H63N5O5S/c1-66(2,3)63(75)44-24-14-11-21-41(44)59-49-30-32-51(69-49)60(42-22-12-15-25-45(42)64(76)67(4,5)6)53-34-36-55(71-53)62(47-27-17-18-28-48(47)73-58(74)38-78-57-29-19-10-20-40(57)39-79)56-37-35-54(72-56)61(52-33-31-50(59)70-52)43-23-13-16-26-46(43)65(77)68(7,8)9/h10-37,69,72,79H,38-39H2,1-9H3,(H,73,74). The van der Waals surface area contributed by atoms with Crippen molar-refractivity contribution in [1.82, 2.24) is 19.9 Å². The van der Waals surface area contributed by atoms with Gasteiger partial charge in [0.05, 0.1) is 22.8 Å². The molecule has 0 saturated carbocycles. The largest absolute Gasteiger partial charge is 0.483 e. The smallest absolute Gasteiger partial charge is 0.262 e. The summed E-state index contributed by atoms with van der Waals surface area (Å²) in [4.78, 5) is 76.1. The third-order valence-electron chi connectivity index (χ3n) is 14.1. The molecule has 2 aliphatic rings. The van der Waals surface area contributed by atoms with Gasteiger partial charge in [0.15, 0.2) is 24.0 Å². The number of para-hydroxylation sites is 2. The van der Waals surface area contributed by atoms with E-state index >= 15 is 0 Å². The maximum Gasteiger partial charge on any atom is 0.262 e. The van der Waals surface area contributed by atoms with Gasteiger partial charge in [-0.3, -0.25) is 19.2 Å². The molecule has 8 aromatic rings. The maximum absolute atomic E-state index is 14.5. The quantitative estimate of drug-likeness (QED) is 0.0704. The fourth-order valence-corrected chi connectivity index (χ4v) is 10.4. The highest BCUT2D eigenvalue weighted by Crippen LogP contribution is 2.43. The van der Waals surface area contributed by atoms with Crippen molar-refractivity contribution in [3.63, 3.8) is 0 Å². The molecule has 0 aliphatic carbocycles. The molecule has 10 nitrogen and oxygen atoms in total. The Bertz CT molecular complexity index is 3960. The molecule has 8 bridgehead atoms. The fourth-order valence-electron chi connectivity index (χ4n) is 10.2. The number of benzene rings is 5. The predicted octanol–water partition coefficient (Wildman–Crippen LogP) is 16.5. The Labute approximate surface area is 466 Å². The number of carbonyl (C=O) groups is 4. The number of fused-ring (bicyclic) bond motifs is 8. The molecule has 3 N–H and O–H groups in total. The molecule has 11 heteroatoms. The number of hydrogen-bond donors (Lipinski definition) is 4. The fraction of sp³-hybridized carbons (Fsp3) is 0.206. The predicted molar refractivity (Wildman–Crippen MR) is 325 cm³/mol. The molecular formula is C68H63N5O5S. The number of nitrogens with one attached hydrogen (secondary N) is 3. The van der Waals surface area contributed by atoms with Gasteiger partial charge in [-0.15, -0.1) is 0 Å². The van der Waals surface area contributed by atoms with Gasteiger partial charge in [0, 0.05) is 99.8 Å². The van der Waals surface area contributed by atoms with Crippen LogP contribution in [-0.2, 0) is 10.5 Å². The lowest BCUT2D eigenvalue weighted by Gasteiger charge is -2.20. The summed E-state index contributed by atoms with van der Waals surface area (Å²) < 4.78 is 6.05. The first-order valence-corrected chi connectivity index (χ1v) is 27.1. The minimum atomic E-state index is -0.719. The molecule has 0 atom stereocenters. The van der Waals surface area contributed by atoms with Crippen LogP contribution in [0.4, 0.5) is 5.69 Å². The van der Waals surface area contributed by atoms with E-state index in [0.717, 1.165) is 5.56 Å². The second-order valence-electron chi connectivity index (χ2n) is 23.0. The van der Waals surface area contributed by atoms with Crippen molar-refractivity contribution in [3.8, 4) is 50.3 Å². The van der Waals surface area contributed by atoms with Gasteiger partial charge in [0.2, 0.25) is 0 Å². The molecule has 0 radical (unpaired) electrons. The number of H-pyrrole nitrogens is 2. The van der Waals surface area contributed by atoms with Crippen LogP contribution < -0.4 is 10.1 Å². The summed E-state index contributed by atoms with van der Waals surface area (Å²) in [5.41, 5.74) is 11.2. The zero-order chi connectivity index (χ0) is 56.0. The molecule has 79 heavy (non-hydrogen) atoms. The number of ketones is 3. The molecule has 10 rings (SSSR count). The highest BCUT2D eigenvalue weighted by molar-refractivity contribution is 7.79.